The molecule has 292 valence electrons. The topological polar surface area (TPSA) is 189 Å². The number of nitrogens with one attached hydrogen (secondary N) is 1. The molecule has 1 atom stereocenters. The second-order valence-electron chi connectivity index (χ2n) is 14.1. The van der Waals surface area contributed by atoms with Crippen molar-refractivity contribution < 1.29 is 46.6 Å². The Morgan fingerprint density at radius 1 is 1.00 bits per heavy atom. The number of nitrogens with zero attached hydrogens (tertiary/aromatic N) is 3. The van der Waals surface area contributed by atoms with E-state index in [1.165, 1.54) is 0 Å². The molecule has 2 aromatic heterocycles. The van der Waals surface area contributed by atoms with Crippen LogP contribution in [0.3, 0.4) is 0 Å². The van der Waals surface area contributed by atoms with Gasteiger partial charge in [-0.25, -0.2) is 4.79 Å². The van der Waals surface area contributed by atoms with Crippen LogP contribution in [0.2, 0.25) is 0 Å². The van der Waals surface area contributed by atoms with Gasteiger partial charge in [-0.3, -0.25) is 28.5 Å². The Kier molecular flexibility index (Phi) is 13.8. The lowest BCUT2D eigenvalue weighted by molar-refractivity contribution is -0.197. The van der Waals surface area contributed by atoms with Gasteiger partial charge in [-0.05, 0) is 93.5 Å². The number of benzene rings is 1. The molecule has 0 radical (unpaired) electrons. The quantitative estimate of drug-likeness (QED) is 0.0734. The van der Waals surface area contributed by atoms with E-state index in [2.05, 4.69) is 5.32 Å². The molecule has 3 aromatic rings. The van der Waals surface area contributed by atoms with Gasteiger partial charge in [-0.1, -0.05) is 31.4 Å². The molecule has 1 unspecified atom stereocenters. The standard InChI is InChI=1S/C38H48N4O10S2/c1-3-40(28-11-9-10-25(2)20-28)35(45)24-41-29-17-19-53-32(29)22-30(41)31(43)21-26-13-15-27(16-14-26)37(47)39-18-8-6-4-5-7-12-36(46)52-42-34(44)23-33(38(42)48)54(49,50)51/h9-11,17,19-20,22,26-27,33H,3-8,12-16,18,21,23-24H2,1-2H3,(H,39,47)(H,49,50,51). The van der Waals surface area contributed by atoms with Gasteiger partial charge >= 0.3 is 5.97 Å². The van der Waals surface area contributed by atoms with Crippen molar-refractivity contribution in [3.63, 3.8) is 0 Å². The molecule has 1 aliphatic carbocycles. The van der Waals surface area contributed by atoms with Crippen molar-refractivity contribution in [2.24, 2.45) is 11.8 Å². The van der Waals surface area contributed by atoms with E-state index in [0.29, 0.717) is 50.9 Å². The summed E-state index contributed by atoms with van der Waals surface area (Å²) >= 11 is 1.55. The SMILES string of the molecule is CCN(C(=O)Cn1c(C(=O)CC2CCC(C(=O)NCCCCCCCC(=O)ON3C(=O)CC(S(=O)(=O)O)C3=O)CC2)cc2sccc21)c1cccc(C)c1. The minimum atomic E-state index is -4.78. The average Bonchev–Trinajstić information content (AvgIpc) is 3.81. The fourth-order valence-corrected chi connectivity index (χ4v) is 8.76. The maximum Gasteiger partial charge on any atom is 0.333 e. The number of likely N-dealkylation sites (N-methyl/N-ethyl adjacent to an activating group) is 1. The van der Waals surface area contributed by atoms with Crippen molar-refractivity contribution in [1.29, 1.82) is 0 Å². The molecule has 16 heteroatoms. The normalized spacial score (nSPS) is 18.9. The number of carbonyl (C=O) groups excluding carboxylic acids is 6. The van der Waals surface area contributed by atoms with Gasteiger partial charge in [0.05, 0.1) is 22.3 Å². The number of imide groups is 1. The van der Waals surface area contributed by atoms with E-state index in [1.54, 1.807) is 16.2 Å². The first kappa shape index (κ1) is 40.8. The molecule has 1 aliphatic heterocycles. The van der Waals surface area contributed by atoms with E-state index in [-0.39, 0.29) is 47.5 Å². The second-order valence-corrected chi connectivity index (χ2v) is 16.7. The molecule has 0 spiro atoms. The Morgan fingerprint density at radius 2 is 1.72 bits per heavy atom. The Labute approximate surface area is 318 Å². The zero-order valence-electron chi connectivity index (χ0n) is 30.7. The number of amides is 4. The lowest BCUT2D eigenvalue weighted by Crippen LogP contribution is -2.36. The maximum absolute atomic E-state index is 13.7. The van der Waals surface area contributed by atoms with Crippen molar-refractivity contribution in [3.05, 3.63) is 53.0 Å². The first-order valence-corrected chi connectivity index (χ1v) is 20.9. The van der Waals surface area contributed by atoms with Crippen LogP contribution in [-0.4, -0.2) is 76.3 Å². The highest BCUT2D eigenvalue weighted by Crippen LogP contribution is 2.33. The highest BCUT2D eigenvalue weighted by Gasteiger charge is 2.48. The Morgan fingerprint density at radius 3 is 2.41 bits per heavy atom. The second kappa shape index (κ2) is 18.3. The lowest BCUT2D eigenvalue weighted by atomic mass is 9.79. The summed E-state index contributed by atoms with van der Waals surface area (Å²) in [5, 5.41) is 3.14. The molecule has 4 amide bonds. The van der Waals surface area contributed by atoms with Gasteiger partial charge in [0.25, 0.3) is 21.9 Å². The largest absolute Gasteiger partial charge is 0.356 e. The molecule has 5 rings (SSSR count). The molecule has 1 saturated carbocycles. The molecule has 2 N–H and O–H groups in total. The van der Waals surface area contributed by atoms with Crippen molar-refractivity contribution >= 4 is 72.7 Å². The van der Waals surface area contributed by atoms with Gasteiger partial charge in [-0.2, -0.15) is 8.42 Å². The monoisotopic (exact) mass is 784 g/mol. The molecular weight excluding hydrogens is 737 g/mol. The molecule has 14 nitrogen and oxygen atoms in total. The first-order valence-electron chi connectivity index (χ1n) is 18.5. The summed E-state index contributed by atoms with van der Waals surface area (Å²) in [6.45, 7) is 5.05. The van der Waals surface area contributed by atoms with Gasteiger partial charge in [-0.15, -0.1) is 16.4 Å². The fourth-order valence-electron chi connectivity index (χ4n) is 7.23. The number of unbranched alkanes of at least 4 members (excludes halogenated alkanes) is 4. The lowest BCUT2D eigenvalue weighted by Gasteiger charge is -2.27. The van der Waals surface area contributed by atoms with E-state index >= 15 is 0 Å². The van der Waals surface area contributed by atoms with Gasteiger partial charge in [0.15, 0.2) is 11.0 Å². The molecule has 1 saturated heterocycles. The molecule has 0 bridgehead atoms. The number of thiophene rings is 1. The summed E-state index contributed by atoms with van der Waals surface area (Å²) in [6.07, 6.45) is 5.95. The van der Waals surface area contributed by atoms with Gasteiger partial charge in [0.2, 0.25) is 11.8 Å². The summed E-state index contributed by atoms with van der Waals surface area (Å²) in [4.78, 5) is 82.4. The molecule has 3 heterocycles. The van der Waals surface area contributed by atoms with Gasteiger partial charge in [0.1, 0.15) is 6.54 Å². The van der Waals surface area contributed by atoms with Crippen LogP contribution in [0, 0.1) is 18.8 Å². The van der Waals surface area contributed by atoms with E-state index in [0.717, 1.165) is 53.6 Å². The van der Waals surface area contributed by atoms with Crippen LogP contribution in [0.4, 0.5) is 5.69 Å². The van der Waals surface area contributed by atoms with Crippen LogP contribution in [0.15, 0.2) is 41.8 Å². The number of anilines is 1. The highest BCUT2D eigenvalue weighted by molar-refractivity contribution is 7.87. The summed E-state index contributed by atoms with van der Waals surface area (Å²) in [5.74, 6) is -3.12. The van der Waals surface area contributed by atoms with Crippen molar-refractivity contribution in [2.45, 2.75) is 103 Å². The van der Waals surface area contributed by atoms with Crippen molar-refractivity contribution in [1.82, 2.24) is 14.9 Å². The smallest absolute Gasteiger partial charge is 0.333 e. The molecule has 2 aliphatic rings. The van der Waals surface area contributed by atoms with Crippen molar-refractivity contribution in [2.75, 3.05) is 18.0 Å². The zero-order valence-corrected chi connectivity index (χ0v) is 32.3. The van der Waals surface area contributed by atoms with Crippen LogP contribution in [0.25, 0.3) is 10.2 Å². The number of carbonyl (C=O) groups is 6. The predicted molar refractivity (Wildman–Crippen MR) is 202 cm³/mol. The third-order valence-corrected chi connectivity index (χ3v) is 12.1. The number of hydrogen-bond acceptors (Lipinski definition) is 10. The van der Waals surface area contributed by atoms with Crippen LogP contribution >= 0.6 is 11.3 Å². The van der Waals surface area contributed by atoms with Gasteiger partial charge in [0, 0.05) is 37.5 Å². The van der Waals surface area contributed by atoms with Crippen LogP contribution in [-0.2, 0) is 45.5 Å². The molecule has 2 fully saturated rings. The maximum atomic E-state index is 13.7. The van der Waals surface area contributed by atoms with Crippen molar-refractivity contribution in [3.8, 4) is 0 Å². The van der Waals surface area contributed by atoms with E-state index in [9.17, 15) is 37.2 Å². The number of rotatable bonds is 18. The number of aryl methyl sites for hydroxylation is 1. The van der Waals surface area contributed by atoms with Crippen LogP contribution in [0.1, 0.15) is 100 Å². The van der Waals surface area contributed by atoms with Gasteiger partial charge < -0.3 is 19.6 Å². The number of ketones is 1. The Bertz CT molecular complexity index is 1980. The average molecular weight is 785 g/mol. The fraction of sp³-hybridized carbons (Fsp3) is 0.526. The number of Topliss-reactive ketones (excluding diaryl/α,β-unsaturated/α-hetero) is 1. The van der Waals surface area contributed by atoms with Crippen LogP contribution in [0.5, 0.6) is 0 Å². The number of aromatic nitrogens is 1. The molecular formula is C38H48N4O10S2. The zero-order chi connectivity index (χ0) is 39.0. The summed E-state index contributed by atoms with van der Waals surface area (Å²) < 4.78 is 34.3. The Hall–Kier alpha value is -4.41. The Balaban J connectivity index is 0.983. The molecule has 54 heavy (non-hydrogen) atoms. The summed E-state index contributed by atoms with van der Waals surface area (Å²) in [5.41, 5.74) is 3.34. The number of hydrogen-bond donors (Lipinski definition) is 2. The summed E-state index contributed by atoms with van der Waals surface area (Å²) in [6, 6.07) is 11.7. The third-order valence-electron chi connectivity index (χ3n) is 10.2. The predicted octanol–water partition coefficient (Wildman–Crippen LogP) is 5.37. The van der Waals surface area contributed by atoms with E-state index in [1.807, 2.05) is 60.2 Å². The number of fused-ring (bicyclic) bond motifs is 1. The first-order chi connectivity index (χ1) is 25.8. The third kappa shape index (κ3) is 10.2. The highest BCUT2D eigenvalue weighted by atomic mass is 32.2. The number of hydroxylamine groups is 2. The summed E-state index contributed by atoms with van der Waals surface area (Å²) in [7, 11) is -4.78. The molecule has 1 aromatic carbocycles. The minimum absolute atomic E-state index is 0.0141. The van der Waals surface area contributed by atoms with Crippen LogP contribution < -0.4 is 10.2 Å². The minimum Gasteiger partial charge on any atom is -0.356 e. The van der Waals surface area contributed by atoms with E-state index in [4.69, 9.17) is 9.39 Å². The van der Waals surface area contributed by atoms with E-state index < -0.39 is 39.6 Å².